The predicted molar refractivity (Wildman–Crippen MR) is 64.8 cm³/mol. The van der Waals surface area contributed by atoms with E-state index in [1.807, 2.05) is 7.05 Å². The molecule has 0 atom stereocenters. The molecule has 0 fully saturated rings. The lowest BCUT2D eigenvalue weighted by Crippen LogP contribution is -2.08. The summed E-state index contributed by atoms with van der Waals surface area (Å²) in [6, 6.07) is 4.86. The zero-order chi connectivity index (χ0) is 13.0. The zero-order valence-electron chi connectivity index (χ0n) is 10.4. The van der Waals surface area contributed by atoms with Gasteiger partial charge < -0.3 is 10.1 Å². The molecule has 0 bridgehead atoms. The Morgan fingerprint density at radius 1 is 1.44 bits per heavy atom. The molecule has 6 heteroatoms. The van der Waals surface area contributed by atoms with Gasteiger partial charge in [-0.05, 0) is 24.7 Å². The quantitative estimate of drug-likeness (QED) is 0.866. The Kier molecular flexibility index (Phi) is 3.88. The smallest absolute Gasteiger partial charge is 0.165 e. The summed E-state index contributed by atoms with van der Waals surface area (Å²) >= 11 is 0. The Balaban J connectivity index is 2.10. The SMILES string of the molecule is CNCc1ncn(Cc2ccc(OC)c(F)c2)n1. The third-order valence-electron chi connectivity index (χ3n) is 2.48. The van der Waals surface area contributed by atoms with Gasteiger partial charge in [-0.15, -0.1) is 0 Å². The minimum Gasteiger partial charge on any atom is -0.494 e. The summed E-state index contributed by atoms with van der Waals surface area (Å²) in [5.74, 6) is 0.588. The largest absolute Gasteiger partial charge is 0.494 e. The summed E-state index contributed by atoms with van der Waals surface area (Å²) in [5.41, 5.74) is 0.814. The first kappa shape index (κ1) is 12.5. The average molecular weight is 250 g/mol. The van der Waals surface area contributed by atoms with Crippen molar-refractivity contribution in [1.82, 2.24) is 20.1 Å². The van der Waals surface area contributed by atoms with Crippen molar-refractivity contribution in [1.29, 1.82) is 0 Å². The Labute approximate surface area is 105 Å². The Hall–Kier alpha value is -1.95. The molecule has 18 heavy (non-hydrogen) atoms. The van der Waals surface area contributed by atoms with Crippen molar-refractivity contribution in [2.24, 2.45) is 0 Å². The molecule has 1 heterocycles. The minimum atomic E-state index is -0.370. The van der Waals surface area contributed by atoms with E-state index >= 15 is 0 Å². The van der Waals surface area contributed by atoms with Crippen LogP contribution in [-0.4, -0.2) is 28.9 Å². The topological polar surface area (TPSA) is 52.0 Å². The normalized spacial score (nSPS) is 10.6. The van der Waals surface area contributed by atoms with E-state index in [1.54, 1.807) is 23.1 Å². The number of aromatic nitrogens is 3. The van der Waals surface area contributed by atoms with Crippen LogP contribution in [0.15, 0.2) is 24.5 Å². The molecule has 2 rings (SSSR count). The monoisotopic (exact) mass is 250 g/mol. The lowest BCUT2D eigenvalue weighted by molar-refractivity contribution is 0.386. The highest BCUT2D eigenvalue weighted by Gasteiger charge is 2.05. The van der Waals surface area contributed by atoms with E-state index in [1.165, 1.54) is 13.2 Å². The van der Waals surface area contributed by atoms with Crippen LogP contribution in [-0.2, 0) is 13.1 Å². The fraction of sp³-hybridized carbons (Fsp3) is 0.333. The van der Waals surface area contributed by atoms with Gasteiger partial charge in [-0.1, -0.05) is 6.07 Å². The lowest BCUT2D eigenvalue weighted by Gasteiger charge is -2.05. The van der Waals surface area contributed by atoms with E-state index in [-0.39, 0.29) is 11.6 Å². The standard InChI is InChI=1S/C12H15FN4O/c1-14-6-12-15-8-17(16-12)7-9-3-4-11(18-2)10(13)5-9/h3-5,8,14H,6-7H2,1-2H3. The van der Waals surface area contributed by atoms with E-state index in [0.29, 0.717) is 18.9 Å². The van der Waals surface area contributed by atoms with E-state index < -0.39 is 0 Å². The van der Waals surface area contributed by atoms with E-state index in [2.05, 4.69) is 15.4 Å². The number of hydrogen-bond donors (Lipinski definition) is 1. The molecule has 0 aliphatic rings. The van der Waals surface area contributed by atoms with E-state index in [0.717, 1.165) is 5.56 Å². The maximum absolute atomic E-state index is 13.5. The van der Waals surface area contributed by atoms with Gasteiger partial charge in [0.15, 0.2) is 17.4 Å². The van der Waals surface area contributed by atoms with Crippen LogP contribution in [0, 0.1) is 5.82 Å². The zero-order valence-corrected chi connectivity index (χ0v) is 10.4. The maximum atomic E-state index is 13.5. The van der Waals surface area contributed by atoms with Crippen LogP contribution in [0.3, 0.4) is 0 Å². The Morgan fingerprint density at radius 3 is 2.94 bits per heavy atom. The number of halogens is 1. The highest BCUT2D eigenvalue weighted by molar-refractivity contribution is 5.29. The van der Waals surface area contributed by atoms with Gasteiger partial charge in [-0.25, -0.2) is 14.1 Å². The van der Waals surface area contributed by atoms with Crippen LogP contribution in [0.4, 0.5) is 4.39 Å². The average Bonchev–Trinajstić information content (AvgIpc) is 2.77. The summed E-state index contributed by atoms with van der Waals surface area (Å²) in [6.07, 6.45) is 1.63. The second kappa shape index (κ2) is 5.59. The molecule has 0 unspecified atom stereocenters. The van der Waals surface area contributed by atoms with Gasteiger partial charge in [-0.2, -0.15) is 5.10 Å². The molecule has 0 aliphatic heterocycles. The fourth-order valence-corrected chi connectivity index (χ4v) is 1.64. The minimum absolute atomic E-state index is 0.244. The highest BCUT2D eigenvalue weighted by Crippen LogP contribution is 2.18. The van der Waals surface area contributed by atoms with Crippen molar-refractivity contribution < 1.29 is 9.13 Å². The number of ether oxygens (including phenoxy) is 1. The maximum Gasteiger partial charge on any atom is 0.165 e. The second-order valence-electron chi connectivity index (χ2n) is 3.86. The third-order valence-corrected chi connectivity index (χ3v) is 2.48. The molecular weight excluding hydrogens is 235 g/mol. The van der Waals surface area contributed by atoms with Crippen molar-refractivity contribution in [2.45, 2.75) is 13.1 Å². The van der Waals surface area contributed by atoms with Crippen molar-refractivity contribution in [3.05, 3.63) is 41.7 Å². The molecule has 0 radical (unpaired) electrons. The summed E-state index contributed by atoms with van der Waals surface area (Å²) in [4.78, 5) is 4.13. The summed E-state index contributed by atoms with van der Waals surface area (Å²) in [6.45, 7) is 1.10. The first-order chi connectivity index (χ1) is 8.72. The summed E-state index contributed by atoms with van der Waals surface area (Å²) in [7, 11) is 3.28. The van der Waals surface area contributed by atoms with Gasteiger partial charge in [0.2, 0.25) is 0 Å². The van der Waals surface area contributed by atoms with Crippen molar-refractivity contribution in [3.63, 3.8) is 0 Å². The highest BCUT2D eigenvalue weighted by atomic mass is 19.1. The molecule has 1 N–H and O–H groups in total. The van der Waals surface area contributed by atoms with Gasteiger partial charge in [0.05, 0.1) is 20.2 Å². The van der Waals surface area contributed by atoms with Gasteiger partial charge in [-0.3, -0.25) is 0 Å². The van der Waals surface area contributed by atoms with Crippen molar-refractivity contribution in [3.8, 4) is 5.75 Å². The molecule has 0 spiro atoms. The molecule has 0 saturated heterocycles. The van der Waals surface area contributed by atoms with Crippen LogP contribution in [0.5, 0.6) is 5.75 Å². The van der Waals surface area contributed by atoms with Gasteiger partial charge in [0.1, 0.15) is 6.33 Å². The molecule has 96 valence electrons. The summed E-state index contributed by atoms with van der Waals surface area (Å²) in [5, 5.41) is 7.23. The van der Waals surface area contributed by atoms with Crippen LogP contribution >= 0.6 is 0 Å². The van der Waals surface area contributed by atoms with Crippen LogP contribution in [0.2, 0.25) is 0 Å². The predicted octanol–water partition coefficient (Wildman–Crippen LogP) is 1.19. The molecule has 5 nitrogen and oxygen atoms in total. The molecule has 1 aromatic heterocycles. The van der Waals surface area contributed by atoms with E-state index in [9.17, 15) is 4.39 Å². The second-order valence-corrected chi connectivity index (χ2v) is 3.86. The fourth-order valence-electron chi connectivity index (χ4n) is 1.64. The van der Waals surface area contributed by atoms with Crippen LogP contribution in [0.25, 0.3) is 0 Å². The van der Waals surface area contributed by atoms with Gasteiger partial charge in [0.25, 0.3) is 0 Å². The third kappa shape index (κ3) is 2.84. The Bertz CT molecular complexity index is 527. The molecule has 0 amide bonds. The van der Waals surface area contributed by atoms with E-state index in [4.69, 9.17) is 4.74 Å². The number of rotatable bonds is 5. The number of benzene rings is 1. The molecular formula is C12H15FN4O. The van der Waals surface area contributed by atoms with Crippen LogP contribution < -0.4 is 10.1 Å². The van der Waals surface area contributed by atoms with Crippen molar-refractivity contribution >= 4 is 0 Å². The number of nitrogens with one attached hydrogen (secondary N) is 1. The molecule has 1 aromatic carbocycles. The number of methoxy groups -OCH3 is 1. The molecule has 0 saturated carbocycles. The van der Waals surface area contributed by atoms with Gasteiger partial charge in [0, 0.05) is 0 Å². The first-order valence-corrected chi connectivity index (χ1v) is 5.58. The number of nitrogens with zero attached hydrogens (tertiary/aromatic N) is 3. The van der Waals surface area contributed by atoms with Gasteiger partial charge >= 0.3 is 0 Å². The van der Waals surface area contributed by atoms with Crippen molar-refractivity contribution in [2.75, 3.05) is 14.2 Å². The Morgan fingerprint density at radius 2 is 2.28 bits per heavy atom. The first-order valence-electron chi connectivity index (χ1n) is 5.58. The molecule has 2 aromatic rings. The number of hydrogen-bond acceptors (Lipinski definition) is 4. The van der Waals surface area contributed by atoms with Crippen LogP contribution in [0.1, 0.15) is 11.4 Å². The summed E-state index contributed by atoms with van der Waals surface area (Å²) < 4.78 is 20.0. The lowest BCUT2D eigenvalue weighted by atomic mass is 10.2. The molecule has 0 aliphatic carbocycles.